The van der Waals surface area contributed by atoms with Crippen LogP contribution in [0.5, 0.6) is 0 Å². The van der Waals surface area contributed by atoms with E-state index in [2.05, 4.69) is 29.4 Å². The summed E-state index contributed by atoms with van der Waals surface area (Å²) in [5.41, 5.74) is 0.574. The van der Waals surface area contributed by atoms with E-state index in [0.717, 1.165) is 30.7 Å². The van der Waals surface area contributed by atoms with Gasteiger partial charge in [0.1, 0.15) is 6.04 Å². The standard InChI is InChI=1S/C28H46N4O3S/c1-18(2)24(16-21(7)26(33)29-17-22-12-11-15-36-22)31(8)28(35)25(19(3)4)30-27(34)23-13-9-10-14-32(23)20(5)6/h11-12,15-16,18-20,23-25H,9-10,13-14,17H2,1-8H3,(H,29,33)(H,30,34)/t23-,24?,25+/m1/s1. The van der Waals surface area contributed by atoms with Crippen LogP contribution >= 0.6 is 11.3 Å². The smallest absolute Gasteiger partial charge is 0.246 e. The highest BCUT2D eigenvalue weighted by Gasteiger charge is 2.36. The van der Waals surface area contributed by atoms with Crippen LogP contribution < -0.4 is 10.6 Å². The predicted octanol–water partition coefficient (Wildman–Crippen LogP) is 4.20. The molecule has 1 aromatic heterocycles. The molecule has 0 radical (unpaired) electrons. The number of hydrogen-bond donors (Lipinski definition) is 2. The number of nitrogens with zero attached hydrogens (tertiary/aromatic N) is 2. The molecule has 2 N–H and O–H groups in total. The molecule has 202 valence electrons. The number of amides is 3. The van der Waals surface area contributed by atoms with Crippen molar-refractivity contribution in [3.63, 3.8) is 0 Å². The van der Waals surface area contributed by atoms with Crippen molar-refractivity contribution in [1.29, 1.82) is 0 Å². The third-order valence-electron chi connectivity index (χ3n) is 7.00. The summed E-state index contributed by atoms with van der Waals surface area (Å²) in [5.74, 6) is -0.310. The second kappa shape index (κ2) is 13.9. The fraction of sp³-hybridized carbons (Fsp3) is 0.679. The number of thiophene rings is 1. The summed E-state index contributed by atoms with van der Waals surface area (Å²) in [5, 5.41) is 8.02. The minimum atomic E-state index is -0.624. The van der Waals surface area contributed by atoms with Crippen molar-refractivity contribution >= 4 is 29.1 Å². The summed E-state index contributed by atoms with van der Waals surface area (Å²) < 4.78 is 0. The first-order valence-electron chi connectivity index (χ1n) is 13.3. The monoisotopic (exact) mass is 518 g/mol. The molecule has 36 heavy (non-hydrogen) atoms. The van der Waals surface area contributed by atoms with Crippen molar-refractivity contribution in [2.24, 2.45) is 11.8 Å². The molecule has 1 unspecified atom stereocenters. The van der Waals surface area contributed by atoms with E-state index in [4.69, 9.17) is 0 Å². The van der Waals surface area contributed by atoms with Gasteiger partial charge in [0.2, 0.25) is 17.7 Å². The van der Waals surface area contributed by atoms with Crippen LogP contribution in [0.3, 0.4) is 0 Å². The Bertz CT molecular complexity index is 895. The van der Waals surface area contributed by atoms with Gasteiger partial charge in [-0.3, -0.25) is 19.3 Å². The van der Waals surface area contributed by atoms with Gasteiger partial charge in [-0.05, 0) is 63.4 Å². The normalized spacial score (nSPS) is 18.9. The zero-order valence-electron chi connectivity index (χ0n) is 23.3. The van der Waals surface area contributed by atoms with Crippen molar-refractivity contribution in [2.45, 2.75) is 98.4 Å². The van der Waals surface area contributed by atoms with E-state index in [1.807, 2.05) is 51.3 Å². The van der Waals surface area contributed by atoms with Crippen LogP contribution in [-0.2, 0) is 20.9 Å². The average molecular weight is 519 g/mol. The molecule has 3 amide bonds. The number of likely N-dealkylation sites (tertiary alicyclic amines) is 1. The molecule has 7 nitrogen and oxygen atoms in total. The van der Waals surface area contributed by atoms with Crippen molar-refractivity contribution in [2.75, 3.05) is 13.6 Å². The van der Waals surface area contributed by atoms with Gasteiger partial charge in [0.05, 0.1) is 18.6 Å². The van der Waals surface area contributed by atoms with Gasteiger partial charge in [-0.25, -0.2) is 0 Å². The van der Waals surface area contributed by atoms with Crippen LogP contribution in [-0.4, -0.2) is 65.3 Å². The van der Waals surface area contributed by atoms with Crippen LogP contribution in [0.2, 0.25) is 0 Å². The zero-order chi connectivity index (χ0) is 27.0. The van der Waals surface area contributed by atoms with E-state index in [9.17, 15) is 14.4 Å². The molecule has 1 saturated heterocycles. The summed E-state index contributed by atoms with van der Waals surface area (Å²) in [4.78, 5) is 44.7. The van der Waals surface area contributed by atoms with E-state index in [-0.39, 0.29) is 47.7 Å². The number of likely N-dealkylation sites (N-methyl/N-ethyl adjacent to an activating group) is 1. The fourth-order valence-electron chi connectivity index (χ4n) is 4.79. The number of rotatable bonds is 11. The average Bonchev–Trinajstić information content (AvgIpc) is 3.36. The minimum absolute atomic E-state index is 0.0630. The molecule has 0 bridgehead atoms. The molecule has 2 heterocycles. The Morgan fingerprint density at radius 3 is 2.39 bits per heavy atom. The summed E-state index contributed by atoms with van der Waals surface area (Å²) >= 11 is 1.60. The molecular weight excluding hydrogens is 472 g/mol. The van der Waals surface area contributed by atoms with Gasteiger partial charge in [0.25, 0.3) is 0 Å². The van der Waals surface area contributed by atoms with Gasteiger partial charge in [-0.1, -0.05) is 46.3 Å². The topological polar surface area (TPSA) is 81.8 Å². The Morgan fingerprint density at radius 1 is 1.14 bits per heavy atom. The van der Waals surface area contributed by atoms with Crippen LogP contribution in [0, 0.1) is 11.8 Å². The first-order chi connectivity index (χ1) is 16.9. The summed E-state index contributed by atoms with van der Waals surface area (Å²) in [7, 11) is 1.77. The maximum absolute atomic E-state index is 13.7. The first-order valence-corrected chi connectivity index (χ1v) is 14.1. The molecular formula is C28H46N4O3S. The second-order valence-electron chi connectivity index (χ2n) is 10.9. The second-order valence-corrected chi connectivity index (χ2v) is 11.9. The first kappa shape index (κ1) is 30.0. The van der Waals surface area contributed by atoms with E-state index >= 15 is 0 Å². The fourth-order valence-corrected chi connectivity index (χ4v) is 5.43. The lowest BCUT2D eigenvalue weighted by atomic mass is 9.95. The Kier molecular flexibility index (Phi) is 11.6. The molecule has 1 aromatic rings. The Labute approximate surface area is 221 Å². The van der Waals surface area contributed by atoms with Crippen molar-refractivity contribution in [3.05, 3.63) is 34.0 Å². The third kappa shape index (κ3) is 8.17. The summed E-state index contributed by atoms with van der Waals surface area (Å²) in [6.45, 7) is 15.4. The van der Waals surface area contributed by atoms with E-state index in [0.29, 0.717) is 12.1 Å². The van der Waals surface area contributed by atoms with E-state index in [1.165, 1.54) is 0 Å². The molecule has 1 aliphatic rings. The van der Waals surface area contributed by atoms with E-state index < -0.39 is 6.04 Å². The molecule has 0 aliphatic carbocycles. The molecule has 0 aromatic carbocycles. The predicted molar refractivity (Wildman–Crippen MR) is 148 cm³/mol. The van der Waals surface area contributed by atoms with Crippen LogP contribution in [0.4, 0.5) is 0 Å². The van der Waals surface area contributed by atoms with Crippen LogP contribution in [0.25, 0.3) is 0 Å². The Hall–Kier alpha value is -2.19. The largest absolute Gasteiger partial charge is 0.347 e. The highest BCUT2D eigenvalue weighted by Crippen LogP contribution is 2.21. The van der Waals surface area contributed by atoms with Crippen molar-refractivity contribution < 1.29 is 14.4 Å². The molecule has 8 heteroatoms. The highest BCUT2D eigenvalue weighted by atomic mass is 32.1. The zero-order valence-corrected chi connectivity index (χ0v) is 24.2. The Balaban J connectivity index is 2.13. The van der Waals surface area contributed by atoms with Crippen molar-refractivity contribution in [3.8, 4) is 0 Å². The Morgan fingerprint density at radius 2 is 1.83 bits per heavy atom. The van der Waals surface area contributed by atoms with Crippen LogP contribution in [0.15, 0.2) is 29.2 Å². The minimum Gasteiger partial charge on any atom is -0.347 e. The molecule has 0 spiro atoms. The lowest BCUT2D eigenvalue weighted by molar-refractivity contribution is -0.140. The number of carbonyl (C=O) groups excluding carboxylic acids is 3. The van der Waals surface area contributed by atoms with E-state index in [1.54, 1.807) is 30.2 Å². The lowest BCUT2D eigenvalue weighted by Gasteiger charge is -2.39. The number of piperidine rings is 1. The van der Waals surface area contributed by atoms with Gasteiger partial charge in [0.15, 0.2) is 0 Å². The number of hydrogen-bond acceptors (Lipinski definition) is 5. The van der Waals surface area contributed by atoms with Gasteiger partial charge in [-0.15, -0.1) is 11.3 Å². The maximum atomic E-state index is 13.7. The summed E-state index contributed by atoms with van der Waals surface area (Å²) in [6.07, 6.45) is 4.80. The molecule has 1 fully saturated rings. The van der Waals surface area contributed by atoms with Crippen LogP contribution in [0.1, 0.15) is 72.6 Å². The number of nitrogens with one attached hydrogen (secondary N) is 2. The summed E-state index contributed by atoms with van der Waals surface area (Å²) in [6, 6.07) is 3.13. The van der Waals surface area contributed by atoms with Gasteiger partial charge in [-0.2, -0.15) is 0 Å². The SMILES string of the molecule is CC(=CC(C(C)C)N(C)C(=O)[C@@H](NC(=O)[C@H]1CCCCN1C(C)C)C(C)C)C(=O)NCc1cccs1. The van der Waals surface area contributed by atoms with Gasteiger partial charge >= 0.3 is 0 Å². The van der Waals surface area contributed by atoms with Gasteiger partial charge in [0, 0.05) is 23.5 Å². The molecule has 1 aliphatic heterocycles. The lowest BCUT2D eigenvalue weighted by Crippen LogP contribution is -2.58. The molecule has 2 rings (SSSR count). The molecule has 3 atom stereocenters. The number of carbonyl (C=O) groups is 3. The third-order valence-corrected chi connectivity index (χ3v) is 7.88. The highest BCUT2D eigenvalue weighted by molar-refractivity contribution is 7.09. The van der Waals surface area contributed by atoms with Gasteiger partial charge < -0.3 is 15.5 Å². The quantitative estimate of drug-likeness (QED) is 0.430. The van der Waals surface area contributed by atoms with Crippen molar-refractivity contribution in [1.82, 2.24) is 20.4 Å². The maximum Gasteiger partial charge on any atom is 0.246 e. The molecule has 0 saturated carbocycles.